The van der Waals surface area contributed by atoms with Crippen LogP contribution < -0.4 is 0 Å². The number of carboxylic acid groups (broad SMARTS) is 1. The molecule has 2 rings (SSSR count). The maximum atomic E-state index is 10.8. The Kier molecular flexibility index (Phi) is 3.47. The van der Waals surface area contributed by atoms with Crippen LogP contribution in [0.4, 0.5) is 0 Å². The van der Waals surface area contributed by atoms with Gasteiger partial charge in [0, 0.05) is 9.80 Å². The normalized spacial score (nSPS) is 14.6. The summed E-state index contributed by atoms with van der Waals surface area (Å²) in [7, 11) is 0. The molecular weight excluding hydrogens is 220 g/mol. The third-order valence-electron chi connectivity index (χ3n) is 2.28. The van der Waals surface area contributed by atoms with Gasteiger partial charge in [0.1, 0.15) is 0 Å². The fraction of sp³-hybridized carbons (Fsp3) is 0.154. The zero-order chi connectivity index (χ0) is 11.4. The molecule has 0 atom stereocenters. The van der Waals surface area contributed by atoms with E-state index >= 15 is 0 Å². The average Bonchev–Trinajstić information content (AvgIpc) is 2.30. The van der Waals surface area contributed by atoms with E-state index in [1.807, 2.05) is 6.07 Å². The molecular formula is C13H12O2S. The Bertz CT molecular complexity index is 461. The van der Waals surface area contributed by atoms with Crippen molar-refractivity contribution < 1.29 is 9.90 Å². The molecule has 0 bridgehead atoms. The highest BCUT2D eigenvalue weighted by Crippen LogP contribution is 2.30. The van der Waals surface area contributed by atoms with E-state index in [0.29, 0.717) is 5.56 Å². The lowest BCUT2D eigenvalue weighted by Gasteiger charge is -2.06. The number of rotatable bonds is 3. The van der Waals surface area contributed by atoms with Crippen molar-refractivity contribution in [2.75, 3.05) is 0 Å². The van der Waals surface area contributed by atoms with Crippen molar-refractivity contribution in [1.29, 1.82) is 0 Å². The number of carboxylic acids is 1. The van der Waals surface area contributed by atoms with E-state index in [4.69, 9.17) is 5.11 Å². The smallest absolute Gasteiger partial charge is 0.335 e. The molecule has 16 heavy (non-hydrogen) atoms. The summed E-state index contributed by atoms with van der Waals surface area (Å²) < 4.78 is 0. The van der Waals surface area contributed by atoms with Crippen molar-refractivity contribution in [2.24, 2.45) is 0 Å². The van der Waals surface area contributed by atoms with Crippen LogP contribution in [0.25, 0.3) is 0 Å². The molecule has 0 saturated heterocycles. The van der Waals surface area contributed by atoms with Crippen LogP contribution in [0.1, 0.15) is 23.2 Å². The van der Waals surface area contributed by atoms with E-state index in [1.165, 1.54) is 4.91 Å². The largest absolute Gasteiger partial charge is 0.478 e. The molecule has 0 amide bonds. The third-order valence-corrected chi connectivity index (χ3v) is 3.31. The van der Waals surface area contributed by atoms with Gasteiger partial charge >= 0.3 is 5.97 Å². The molecule has 1 aromatic rings. The zero-order valence-electron chi connectivity index (χ0n) is 8.72. The maximum absolute atomic E-state index is 10.8. The number of carbonyl (C=O) groups is 1. The van der Waals surface area contributed by atoms with Gasteiger partial charge < -0.3 is 5.11 Å². The van der Waals surface area contributed by atoms with Gasteiger partial charge in [-0.3, -0.25) is 0 Å². The molecule has 0 radical (unpaired) electrons. The number of thioether (sulfide) groups is 1. The molecule has 0 aliphatic heterocycles. The molecule has 1 N–H and O–H groups in total. The minimum Gasteiger partial charge on any atom is -0.478 e. The molecule has 0 aromatic heterocycles. The second-order valence-electron chi connectivity index (χ2n) is 3.52. The summed E-state index contributed by atoms with van der Waals surface area (Å²) in [5.74, 6) is -0.879. The number of aromatic carboxylic acids is 1. The molecule has 0 heterocycles. The second kappa shape index (κ2) is 5.03. The monoisotopic (exact) mass is 232 g/mol. The minimum atomic E-state index is -0.879. The molecule has 0 spiro atoms. The van der Waals surface area contributed by atoms with Crippen LogP contribution in [0, 0.1) is 0 Å². The van der Waals surface area contributed by atoms with Gasteiger partial charge in [-0.05, 0) is 31.0 Å². The molecule has 3 heteroatoms. The van der Waals surface area contributed by atoms with Gasteiger partial charge in [-0.2, -0.15) is 0 Å². The lowest BCUT2D eigenvalue weighted by molar-refractivity contribution is 0.0696. The quantitative estimate of drug-likeness (QED) is 0.863. The molecule has 1 aliphatic rings. The molecule has 82 valence electrons. The van der Waals surface area contributed by atoms with Gasteiger partial charge in [0.05, 0.1) is 5.56 Å². The van der Waals surface area contributed by atoms with E-state index < -0.39 is 5.97 Å². The summed E-state index contributed by atoms with van der Waals surface area (Å²) in [4.78, 5) is 13.0. The predicted octanol–water partition coefficient (Wildman–Crippen LogP) is 3.71. The summed E-state index contributed by atoms with van der Waals surface area (Å²) in [5.41, 5.74) is 0.338. The number of allylic oxidation sites excluding steroid dienone is 3. The van der Waals surface area contributed by atoms with Gasteiger partial charge in [0.2, 0.25) is 0 Å². The molecule has 1 aromatic carbocycles. The molecule has 2 nitrogen and oxygen atoms in total. The highest BCUT2D eigenvalue weighted by Gasteiger charge is 2.05. The Hall–Kier alpha value is -1.48. The minimum absolute atomic E-state index is 0.338. The Morgan fingerprint density at radius 3 is 2.88 bits per heavy atom. The fourth-order valence-electron chi connectivity index (χ4n) is 1.49. The van der Waals surface area contributed by atoms with Gasteiger partial charge in [0.15, 0.2) is 0 Å². The first kappa shape index (κ1) is 11.0. The van der Waals surface area contributed by atoms with Crippen LogP contribution in [0.3, 0.4) is 0 Å². The predicted molar refractivity (Wildman–Crippen MR) is 65.7 cm³/mol. The highest BCUT2D eigenvalue weighted by atomic mass is 32.2. The first-order valence-corrected chi connectivity index (χ1v) is 5.95. The lowest BCUT2D eigenvalue weighted by Crippen LogP contribution is -1.95. The van der Waals surface area contributed by atoms with Crippen molar-refractivity contribution in [3.8, 4) is 0 Å². The summed E-state index contributed by atoms with van der Waals surface area (Å²) >= 11 is 1.61. The van der Waals surface area contributed by atoms with Crippen molar-refractivity contribution in [2.45, 2.75) is 17.7 Å². The molecule has 0 saturated carbocycles. The summed E-state index contributed by atoms with van der Waals surface area (Å²) in [6.07, 6.45) is 8.57. The second-order valence-corrected chi connectivity index (χ2v) is 4.67. The van der Waals surface area contributed by atoms with Crippen LogP contribution in [0.15, 0.2) is 52.3 Å². The number of hydrogen-bond acceptors (Lipinski definition) is 2. The first-order valence-electron chi connectivity index (χ1n) is 5.13. The summed E-state index contributed by atoms with van der Waals surface area (Å²) in [6.45, 7) is 0. The Morgan fingerprint density at radius 1 is 1.31 bits per heavy atom. The topological polar surface area (TPSA) is 37.3 Å². The van der Waals surface area contributed by atoms with Gasteiger partial charge in [-0.15, -0.1) is 0 Å². The van der Waals surface area contributed by atoms with Gasteiger partial charge in [-0.1, -0.05) is 36.1 Å². The Morgan fingerprint density at radius 2 is 2.19 bits per heavy atom. The van der Waals surface area contributed by atoms with Gasteiger partial charge in [-0.25, -0.2) is 4.79 Å². The van der Waals surface area contributed by atoms with Crippen LogP contribution in [0.5, 0.6) is 0 Å². The van der Waals surface area contributed by atoms with E-state index in [2.05, 4.69) is 18.2 Å². The Balaban J connectivity index is 2.15. The average molecular weight is 232 g/mol. The van der Waals surface area contributed by atoms with E-state index in [9.17, 15) is 4.79 Å². The lowest BCUT2D eigenvalue weighted by atomic mass is 10.2. The van der Waals surface area contributed by atoms with Crippen molar-refractivity contribution in [1.82, 2.24) is 0 Å². The van der Waals surface area contributed by atoms with Crippen molar-refractivity contribution in [3.63, 3.8) is 0 Å². The maximum Gasteiger partial charge on any atom is 0.335 e. The van der Waals surface area contributed by atoms with Crippen molar-refractivity contribution >= 4 is 17.7 Å². The highest BCUT2D eigenvalue weighted by molar-refractivity contribution is 8.03. The van der Waals surface area contributed by atoms with E-state index in [0.717, 1.165) is 17.7 Å². The van der Waals surface area contributed by atoms with E-state index in [1.54, 1.807) is 30.0 Å². The van der Waals surface area contributed by atoms with Crippen LogP contribution in [-0.2, 0) is 0 Å². The zero-order valence-corrected chi connectivity index (χ0v) is 9.54. The fourth-order valence-corrected chi connectivity index (χ4v) is 2.46. The molecule has 0 fully saturated rings. The van der Waals surface area contributed by atoms with Crippen LogP contribution >= 0.6 is 11.8 Å². The molecule has 0 unspecified atom stereocenters. The standard InChI is InChI=1S/C13H12O2S/c14-13(15)10-5-4-8-12(9-10)16-11-6-2-1-3-7-11/h2,4-9H,1,3H2,(H,14,15). The van der Waals surface area contributed by atoms with Crippen LogP contribution in [0.2, 0.25) is 0 Å². The first-order chi connectivity index (χ1) is 7.75. The third kappa shape index (κ3) is 2.76. The van der Waals surface area contributed by atoms with Gasteiger partial charge in [0.25, 0.3) is 0 Å². The van der Waals surface area contributed by atoms with Crippen molar-refractivity contribution in [3.05, 3.63) is 53.0 Å². The Labute approximate surface area is 98.7 Å². The van der Waals surface area contributed by atoms with E-state index in [-0.39, 0.29) is 0 Å². The van der Waals surface area contributed by atoms with Crippen LogP contribution in [-0.4, -0.2) is 11.1 Å². The molecule has 1 aliphatic carbocycles. The number of benzene rings is 1. The SMILES string of the molecule is O=C(O)c1cccc(SC2=CCCC=C2)c1. The summed E-state index contributed by atoms with van der Waals surface area (Å²) in [5, 5.41) is 8.88. The number of hydrogen-bond donors (Lipinski definition) is 1. The summed E-state index contributed by atoms with van der Waals surface area (Å²) in [6, 6.07) is 7.02.